The van der Waals surface area contributed by atoms with E-state index in [-0.39, 0.29) is 33.9 Å². The Morgan fingerprint density at radius 3 is 2.23 bits per heavy atom. The van der Waals surface area contributed by atoms with Crippen molar-refractivity contribution < 1.29 is 26.3 Å². The number of nitrogens with zero attached hydrogens (tertiary/aromatic N) is 7. The van der Waals surface area contributed by atoms with Crippen LogP contribution < -0.4 is 10.6 Å². The van der Waals surface area contributed by atoms with Crippen molar-refractivity contribution in [1.29, 1.82) is 0 Å². The fourth-order valence-corrected chi connectivity index (χ4v) is 4.03. The van der Waals surface area contributed by atoms with E-state index in [1.54, 1.807) is 0 Å². The summed E-state index contributed by atoms with van der Waals surface area (Å²) in [6.07, 6.45) is -6.20. The summed E-state index contributed by atoms with van der Waals surface area (Å²) in [5, 5.41) is 13.5. The average molecular weight is 566 g/mol. The molecule has 0 saturated heterocycles. The van der Waals surface area contributed by atoms with Crippen molar-refractivity contribution >= 4 is 28.5 Å². The largest absolute Gasteiger partial charge is 0.418 e. The van der Waals surface area contributed by atoms with Gasteiger partial charge in [-0.15, -0.1) is 10.2 Å². The lowest BCUT2D eigenvalue weighted by molar-refractivity contribution is -0.138. The zero-order valence-corrected chi connectivity index (χ0v) is 21.9. The number of anilines is 3. The molecule has 0 bridgehead atoms. The van der Waals surface area contributed by atoms with Gasteiger partial charge in [-0.1, -0.05) is 13.8 Å². The first-order valence-corrected chi connectivity index (χ1v) is 11.9. The summed E-state index contributed by atoms with van der Waals surface area (Å²) in [6, 6.07) is 4.36. The molecule has 4 heterocycles. The van der Waals surface area contributed by atoms with E-state index in [0.29, 0.717) is 25.0 Å². The van der Waals surface area contributed by atoms with Crippen LogP contribution in [0.3, 0.4) is 0 Å². The van der Waals surface area contributed by atoms with Gasteiger partial charge in [-0.05, 0) is 43.8 Å². The van der Waals surface area contributed by atoms with Gasteiger partial charge in [-0.2, -0.15) is 26.3 Å². The third-order valence-corrected chi connectivity index (χ3v) is 5.64. The van der Waals surface area contributed by atoms with Gasteiger partial charge >= 0.3 is 12.4 Å². The summed E-state index contributed by atoms with van der Waals surface area (Å²) < 4.78 is 80.5. The highest BCUT2D eigenvalue weighted by molar-refractivity contribution is 5.87. The lowest BCUT2D eigenvalue weighted by Gasteiger charge is -2.28. The van der Waals surface area contributed by atoms with Crippen molar-refractivity contribution in [3.8, 4) is 11.4 Å². The molecule has 0 aliphatic carbocycles. The van der Waals surface area contributed by atoms with Crippen LogP contribution in [0.4, 0.5) is 43.7 Å². The molecule has 2 N–H and O–H groups in total. The molecule has 0 aromatic carbocycles. The summed E-state index contributed by atoms with van der Waals surface area (Å²) in [5.74, 6) is 0.0544. The molecule has 212 valence electrons. The fourth-order valence-electron chi connectivity index (χ4n) is 4.03. The second-order valence-corrected chi connectivity index (χ2v) is 10.1. The summed E-state index contributed by atoms with van der Waals surface area (Å²) in [7, 11) is 3.81. The maximum atomic E-state index is 14.0. The van der Waals surface area contributed by atoms with Crippen molar-refractivity contribution in [2.75, 3.05) is 37.8 Å². The minimum Gasteiger partial charge on any atom is -0.368 e. The lowest BCUT2D eigenvalue weighted by Crippen LogP contribution is -2.34. The molecule has 9 nitrogen and oxygen atoms in total. The van der Waals surface area contributed by atoms with E-state index in [1.807, 2.05) is 32.8 Å². The number of rotatable bonds is 8. The molecule has 0 atom stereocenters. The number of hydrogen-bond donors (Lipinski definition) is 2. The van der Waals surface area contributed by atoms with Gasteiger partial charge in [-0.3, -0.25) is 0 Å². The van der Waals surface area contributed by atoms with Crippen molar-refractivity contribution in [1.82, 2.24) is 35.0 Å². The Hall–Kier alpha value is -4.14. The highest BCUT2D eigenvalue weighted by atomic mass is 19.4. The minimum absolute atomic E-state index is 0.0167. The molecule has 0 aliphatic rings. The predicted molar refractivity (Wildman–Crippen MR) is 137 cm³/mol. The number of alkyl halides is 6. The zero-order chi connectivity index (χ0) is 29.3. The van der Waals surface area contributed by atoms with Crippen LogP contribution in [-0.2, 0) is 12.4 Å². The van der Waals surface area contributed by atoms with Gasteiger partial charge < -0.3 is 15.5 Å². The van der Waals surface area contributed by atoms with Gasteiger partial charge in [0.1, 0.15) is 28.5 Å². The van der Waals surface area contributed by atoms with Crippen LogP contribution >= 0.6 is 0 Å². The highest BCUT2D eigenvalue weighted by Gasteiger charge is 2.36. The molecule has 4 aromatic rings. The molecule has 0 amide bonds. The SMILES string of the molecule is CN(C)CC(C)(C)CNc1cc(C(F)(F)F)c(-c2cnc3c(Nc4ccc(C(F)(F)F)cn4)ccnc3n2)nn1. The van der Waals surface area contributed by atoms with Crippen molar-refractivity contribution in [2.24, 2.45) is 5.41 Å². The van der Waals surface area contributed by atoms with E-state index in [9.17, 15) is 26.3 Å². The van der Waals surface area contributed by atoms with E-state index in [0.717, 1.165) is 24.4 Å². The minimum atomic E-state index is -4.76. The topological polar surface area (TPSA) is 105 Å². The van der Waals surface area contributed by atoms with E-state index < -0.39 is 29.2 Å². The highest BCUT2D eigenvalue weighted by Crippen LogP contribution is 2.37. The maximum Gasteiger partial charge on any atom is 0.418 e. The Labute approximate surface area is 225 Å². The Balaban J connectivity index is 1.63. The average Bonchev–Trinajstić information content (AvgIpc) is 2.86. The molecule has 4 aromatic heterocycles. The Bertz CT molecular complexity index is 1490. The summed E-state index contributed by atoms with van der Waals surface area (Å²) in [5.41, 5.74) is -2.51. The summed E-state index contributed by atoms with van der Waals surface area (Å²) >= 11 is 0. The quantitative estimate of drug-likeness (QED) is 0.262. The fraction of sp³-hybridized carbons (Fsp3) is 0.360. The predicted octanol–water partition coefficient (Wildman–Crippen LogP) is 5.66. The molecule has 0 radical (unpaired) electrons. The molecule has 40 heavy (non-hydrogen) atoms. The van der Waals surface area contributed by atoms with E-state index in [4.69, 9.17) is 0 Å². The molecular formula is C25H25F6N9. The molecule has 0 saturated carbocycles. The van der Waals surface area contributed by atoms with Gasteiger partial charge in [0.2, 0.25) is 0 Å². The maximum absolute atomic E-state index is 14.0. The van der Waals surface area contributed by atoms with E-state index in [1.165, 1.54) is 12.3 Å². The van der Waals surface area contributed by atoms with Crippen LogP contribution in [0.2, 0.25) is 0 Å². The van der Waals surface area contributed by atoms with Gasteiger partial charge in [0.05, 0.1) is 23.0 Å². The Morgan fingerprint density at radius 2 is 1.60 bits per heavy atom. The van der Waals surface area contributed by atoms with E-state index >= 15 is 0 Å². The molecule has 0 unspecified atom stereocenters. The number of hydrogen-bond acceptors (Lipinski definition) is 9. The van der Waals surface area contributed by atoms with Crippen LogP contribution in [0.25, 0.3) is 22.6 Å². The van der Waals surface area contributed by atoms with Gasteiger partial charge in [0.15, 0.2) is 5.65 Å². The van der Waals surface area contributed by atoms with Crippen molar-refractivity contribution in [2.45, 2.75) is 26.2 Å². The van der Waals surface area contributed by atoms with Gasteiger partial charge in [-0.25, -0.2) is 19.9 Å². The standard InChI is InChI=1S/C25H25F6N9/c1-23(2,13-40(3)4)12-35-19-9-15(25(29,30)31)20(39-38-19)17-11-34-21-16(7-8-32-22(21)37-17)36-18-6-5-14(10-33-18)24(26,27)28/h5-11H,12-13H2,1-4H3,(H,35,38)(H,32,33,36,37). The summed E-state index contributed by atoms with van der Waals surface area (Å²) in [6.45, 7) is 5.00. The monoisotopic (exact) mass is 565 g/mol. The van der Waals surface area contributed by atoms with Crippen LogP contribution in [-0.4, -0.2) is 62.2 Å². The second kappa shape index (κ2) is 10.8. The Kier molecular flexibility index (Phi) is 7.78. The number of nitrogens with one attached hydrogen (secondary N) is 2. The van der Waals surface area contributed by atoms with Crippen LogP contribution in [0.5, 0.6) is 0 Å². The van der Waals surface area contributed by atoms with Crippen LogP contribution in [0.1, 0.15) is 25.0 Å². The zero-order valence-electron chi connectivity index (χ0n) is 21.9. The molecule has 0 aliphatic heterocycles. The molecular weight excluding hydrogens is 540 g/mol. The third-order valence-electron chi connectivity index (χ3n) is 5.64. The van der Waals surface area contributed by atoms with E-state index in [2.05, 4.69) is 40.8 Å². The number of halogens is 6. The lowest BCUT2D eigenvalue weighted by atomic mass is 9.93. The first-order chi connectivity index (χ1) is 18.6. The number of fused-ring (bicyclic) bond motifs is 1. The number of pyridine rings is 2. The molecule has 0 fully saturated rings. The van der Waals surface area contributed by atoms with Crippen molar-refractivity contribution in [3.05, 3.63) is 54.0 Å². The van der Waals surface area contributed by atoms with Gasteiger partial charge in [0, 0.05) is 25.5 Å². The van der Waals surface area contributed by atoms with Crippen molar-refractivity contribution in [3.63, 3.8) is 0 Å². The Morgan fingerprint density at radius 1 is 0.850 bits per heavy atom. The molecule has 15 heteroatoms. The third kappa shape index (κ3) is 6.89. The van der Waals surface area contributed by atoms with Crippen LogP contribution in [0, 0.1) is 5.41 Å². The second-order valence-electron chi connectivity index (χ2n) is 10.1. The molecule has 4 rings (SSSR count). The number of aromatic nitrogens is 6. The smallest absolute Gasteiger partial charge is 0.368 e. The molecule has 0 spiro atoms. The normalized spacial score (nSPS) is 12.7. The van der Waals surface area contributed by atoms with Crippen LogP contribution in [0.15, 0.2) is 42.9 Å². The first-order valence-electron chi connectivity index (χ1n) is 11.9. The van der Waals surface area contributed by atoms with Gasteiger partial charge in [0.25, 0.3) is 0 Å². The summed E-state index contributed by atoms with van der Waals surface area (Å²) in [4.78, 5) is 18.2. The first kappa shape index (κ1) is 28.9.